The Balaban J connectivity index is 3.52. The first-order valence-corrected chi connectivity index (χ1v) is 2.53. The van der Waals surface area contributed by atoms with Gasteiger partial charge in [0.1, 0.15) is 0 Å². The van der Waals surface area contributed by atoms with E-state index in [2.05, 4.69) is 4.99 Å². The van der Waals surface area contributed by atoms with E-state index in [0.717, 1.165) is 0 Å². The van der Waals surface area contributed by atoms with Crippen LogP contribution in [0.1, 0.15) is 13.3 Å². The van der Waals surface area contributed by atoms with Crippen LogP contribution in [0.3, 0.4) is 0 Å². The fraction of sp³-hybridized carbons (Fsp3) is 0.800. The molecule has 0 bridgehead atoms. The first kappa shape index (κ1) is 7.34. The molecule has 0 aromatic carbocycles. The molecule has 1 N–H and O–H groups in total. The van der Waals surface area contributed by atoms with Crippen molar-refractivity contribution in [2.75, 3.05) is 6.61 Å². The van der Waals surface area contributed by atoms with Gasteiger partial charge in [-0.2, -0.15) is 0 Å². The lowest BCUT2D eigenvalue weighted by Crippen LogP contribution is -2.06. The Bertz CT molecular complexity index is 92.6. The zero-order valence-electron chi connectivity index (χ0n) is 4.79. The van der Waals surface area contributed by atoms with Gasteiger partial charge in [-0.05, 0) is 6.42 Å². The highest BCUT2D eigenvalue weighted by Gasteiger charge is 1.97. The maximum Gasteiger partial charge on any atom is 0.235 e. The van der Waals surface area contributed by atoms with Crippen molar-refractivity contribution in [3.63, 3.8) is 0 Å². The Morgan fingerprint density at radius 3 is 2.62 bits per heavy atom. The van der Waals surface area contributed by atoms with Crippen molar-refractivity contribution in [2.24, 2.45) is 4.99 Å². The fourth-order valence-corrected chi connectivity index (χ4v) is 0.336. The highest BCUT2D eigenvalue weighted by atomic mass is 16.3. The molecule has 0 heterocycles. The van der Waals surface area contributed by atoms with E-state index in [1.165, 1.54) is 6.08 Å². The third-order valence-electron chi connectivity index (χ3n) is 0.917. The van der Waals surface area contributed by atoms with Gasteiger partial charge in [-0.3, -0.25) is 0 Å². The van der Waals surface area contributed by atoms with Crippen molar-refractivity contribution in [3.05, 3.63) is 0 Å². The number of aliphatic hydroxyl groups is 1. The van der Waals surface area contributed by atoms with Crippen LogP contribution in [0.2, 0.25) is 0 Å². The molecule has 1 atom stereocenters. The summed E-state index contributed by atoms with van der Waals surface area (Å²) < 4.78 is 0. The number of hydrogen-bond donors (Lipinski definition) is 1. The van der Waals surface area contributed by atoms with Gasteiger partial charge in [0.05, 0.1) is 12.6 Å². The maximum atomic E-state index is 9.53. The van der Waals surface area contributed by atoms with Gasteiger partial charge in [0.15, 0.2) is 0 Å². The lowest BCUT2D eigenvalue weighted by atomic mass is 10.3. The quantitative estimate of drug-likeness (QED) is 0.418. The summed E-state index contributed by atoms with van der Waals surface area (Å²) in [5.41, 5.74) is 0. The average molecular weight is 115 g/mol. The zero-order valence-corrected chi connectivity index (χ0v) is 4.79. The van der Waals surface area contributed by atoms with Crippen LogP contribution >= 0.6 is 0 Å². The molecule has 0 aliphatic rings. The van der Waals surface area contributed by atoms with E-state index >= 15 is 0 Å². The first-order chi connectivity index (χ1) is 3.85. The molecular weight excluding hydrogens is 106 g/mol. The minimum atomic E-state index is -0.243. The minimum absolute atomic E-state index is 0.0637. The van der Waals surface area contributed by atoms with Crippen LogP contribution < -0.4 is 0 Å². The molecule has 0 radical (unpaired) electrons. The van der Waals surface area contributed by atoms with Crippen LogP contribution in [0.25, 0.3) is 0 Å². The Hall–Kier alpha value is -0.660. The summed E-state index contributed by atoms with van der Waals surface area (Å²) in [6, 6.07) is -0.243. The van der Waals surface area contributed by atoms with E-state index in [-0.39, 0.29) is 12.6 Å². The molecular formula is C5H9NO2. The Morgan fingerprint density at radius 1 is 1.88 bits per heavy atom. The van der Waals surface area contributed by atoms with Crippen LogP contribution in [0.4, 0.5) is 0 Å². The topological polar surface area (TPSA) is 49.7 Å². The lowest BCUT2D eigenvalue weighted by Gasteiger charge is -1.98. The molecule has 0 saturated heterocycles. The third-order valence-corrected chi connectivity index (χ3v) is 0.917. The fourth-order valence-electron chi connectivity index (χ4n) is 0.336. The predicted octanol–water partition coefficient (Wildman–Crippen LogP) is 0.0931. The molecule has 0 aromatic rings. The van der Waals surface area contributed by atoms with Gasteiger partial charge in [0.2, 0.25) is 6.08 Å². The molecule has 3 nitrogen and oxygen atoms in total. The number of aliphatic hydroxyl groups excluding tert-OH is 1. The molecule has 0 amide bonds. The van der Waals surface area contributed by atoms with Crippen LogP contribution in [-0.2, 0) is 4.79 Å². The van der Waals surface area contributed by atoms with Crippen molar-refractivity contribution in [1.29, 1.82) is 0 Å². The number of hydrogen-bond acceptors (Lipinski definition) is 3. The van der Waals surface area contributed by atoms with Gasteiger partial charge in [-0.15, -0.1) is 0 Å². The number of rotatable bonds is 3. The average Bonchev–Trinajstić information content (AvgIpc) is 1.83. The van der Waals surface area contributed by atoms with Gasteiger partial charge >= 0.3 is 0 Å². The monoisotopic (exact) mass is 115 g/mol. The van der Waals surface area contributed by atoms with Crippen LogP contribution in [0.5, 0.6) is 0 Å². The van der Waals surface area contributed by atoms with Gasteiger partial charge in [-0.25, -0.2) is 9.79 Å². The summed E-state index contributed by atoms with van der Waals surface area (Å²) in [5.74, 6) is 0. The highest BCUT2D eigenvalue weighted by molar-refractivity contribution is 5.33. The van der Waals surface area contributed by atoms with Gasteiger partial charge in [0.25, 0.3) is 0 Å². The normalized spacial score (nSPS) is 12.2. The van der Waals surface area contributed by atoms with E-state index in [1.54, 1.807) is 0 Å². The first-order valence-electron chi connectivity index (χ1n) is 2.53. The summed E-state index contributed by atoms with van der Waals surface area (Å²) >= 11 is 0. The van der Waals surface area contributed by atoms with Crippen LogP contribution in [0.15, 0.2) is 4.99 Å². The second-order valence-electron chi connectivity index (χ2n) is 1.47. The lowest BCUT2D eigenvalue weighted by molar-refractivity contribution is 0.264. The van der Waals surface area contributed by atoms with Gasteiger partial charge < -0.3 is 5.11 Å². The summed E-state index contributed by atoms with van der Waals surface area (Å²) in [7, 11) is 0. The smallest absolute Gasteiger partial charge is 0.235 e. The van der Waals surface area contributed by atoms with Gasteiger partial charge in [0, 0.05) is 0 Å². The minimum Gasteiger partial charge on any atom is -0.394 e. The van der Waals surface area contributed by atoms with Gasteiger partial charge in [-0.1, -0.05) is 6.92 Å². The van der Waals surface area contributed by atoms with Crippen molar-refractivity contribution < 1.29 is 9.90 Å². The Labute approximate surface area is 48.1 Å². The number of nitrogens with zero attached hydrogens (tertiary/aromatic N) is 1. The second-order valence-corrected chi connectivity index (χ2v) is 1.47. The molecule has 3 heteroatoms. The van der Waals surface area contributed by atoms with E-state index < -0.39 is 0 Å². The molecule has 0 aromatic heterocycles. The maximum absolute atomic E-state index is 9.53. The predicted molar refractivity (Wildman–Crippen MR) is 29.3 cm³/mol. The molecule has 0 unspecified atom stereocenters. The summed E-state index contributed by atoms with van der Waals surface area (Å²) in [6.07, 6.45) is 2.07. The molecule has 0 aliphatic carbocycles. The van der Waals surface area contributed by atoms with Crippen molar-refractivity contribution in [2.45, 2.75) is 19.4 Å². The van der Waals surface area contributed by atoms with Crippen molar-refractivity contribution >= 4 is 6.08 Å². The summed E-state index contributed by atoms with van der Waals surface area (Å²) in [5, 5.41) is 8.38. The SMILES string of the molecule is CC[C@H](CO)N=C=O. The highest BCUT2D eigenvalue weighted by Crippen LogP contribution is 1.91. The van der Waals surface area contributed by atoms with E-state index in [9.17, 15) is 4.79 Å². The summed E-state index contributed by atoms with van der Waals surface area (Å²) in [6.45, 7) is 1.79. The van der Waals surface area contributed by atoms with E-state index in [4.69, 9.17) is 5.11 Å². The van der Waals surface area contributed by atoms with E-state index in [0.29, 0.717) is 6.42 Å². The van der Waals surface area contributed by atoms with E-state index in [1.807, 2.05) is 6.92 Å². The largest absolute Gasteiger partial charge is 0.394 e. The van der Waals surface area contributed by atoms with Crippen LogP contribution in [-0.4, -0.2) is 23.8 Å². The van der Waals surface area contributed by atoms with Crippen LogP contribution in [0, 0.1) is 0 Å². The number of carbonyl (C=O) groups excluding carboxylic acids is 1. The second kappa shape index (κ2) is 4.50. The Kier molecular flexibility index (Phi) is 4.13. The zero-order chi connectivity index (χ0) is 6.41. The standard InChI is InChI=1S/C5H9NO2/c1-2-5(3-7)6-4-8/h5,7H,2-3H2,1H3/t5-/m1/s1. The molecule has 0 rings (SSSR count). The number of isocyanates is 1. The Morgan fingerprint density at radius 2 is 2.50 bits per heavy atom. The van der Waals surface area contributed by atoms with Crippen molar-refractivity contribution in [1.82, 2.24) is 0 Å². The molecule has 0 spiro atoms. The molecule has 0 fully saturated rings. The molecule has 0 aliphatic heterocycles. The summed E-state index contributed by atoms with van der Waals surface area (Å²) in [4.78, 5) is 12.8. The molecule has 8 heavy (non-hydrogen) atoms. The molecule has 46 valence electrons. The van der Waals surface area contributed by atoms with Crippen molar-refractivity contribution in [3.8, 4) is 0 Å². The third kappa shape index (κ3) is 2.50. The number of aliphatic imine (C=N–C) groups is 1. The molecule has 0 saturated carbocycles.